The first-order valence-corrected chi connectivity index (χ1v) is 15.9. The van der Waals surface area contributed by atoms with Gasteiger partial charge in [-0.25, -0.2) is 26.5 Å². The number of piperidine rings is 2. The van der Waals surface area contributed by atoms with Crippen LogP contribution in [0, 0.1) is 29.7 Å². The average Bonchev–Trinajstić information content (AvgIpc) is 3.75. The first-order valence-electron chi connectivity index (χ1n) is 15.9. The Morgan fingerprint density at radius 2 is 1.55 bits per heavy atom. The SMILES string of the molecule is C[C@@H]1CCN(C(=O)CC#N)C[C@@H]1N(C)c1ncnc2[nH]ccc12.C[C@@H]1CCNC[C@@H]1N(C)c1ncnc2[nH]ccc12.[C-]#[N+]CC(C)=O. The van der Waals surface area contributed by atoms with Gasteiger partial charge in [-0.15, -0.1) is 0 Å². The van der Waals surface area contributed by atoms with E-state index in [0.717, 1.165) is 59.8 Å². The van der Waals surface area contributed by atoms with E-state index in [0.29, 0.717) is 24.4 Å². The molecule has 0 saturated carbocycles. The van der Waals surface area contributed by atoms with E-state index in [1.165, 1.54) is 13.3 Å². The molecule has 248 valence electrons. The molecule has 2 aliphatic heterocycles. The number of nitriles is 1. The normalized spacial score (nSPS) is 20.5. The zero-order valence-electron chi connectivity index (χ0n) is 27.8. The predicted octanol–water partition coefficient (Wildman–Crippen LogP) is 3.43. The molecule has 14 nitrogen and oxygen atoms in total. The van der Waals surface area contributed by atoms with Gasteiger partial charge in [0.1, 0.15) is 42.0 Å². The maximum Gasteiger partial charge on any atom is 0.271 e. The lowest BCUT2D eigenvalue weighted by Crippen LogP contribution is -2.52. The molecular formula is C33H44N12O2. The van der Waals surface area contributed by atoms with Gasteiger partial charge in [0.15, 0.2) is 0 Å². The molecule has 2 fully saturated rings. The number of anilines is 2. The molecule has 2 aliphatic rings. The molecule has 6 heterocycles. The van der Waals surface area contributed by atoms with Crippen LogP contribution in [0.3, 0.4) is 0 Å². The van der Waals surface area contributed by atoms with Gasteiger partial charge < -0.3 is 34.8 Å². The summed E-state index contributed by atoms with van der Waals surface area (Å²) in [5.74, 6) is 2.84. The number of hydrogen-bond acceptors (Lipinski definition) is 10. The van der Waals surface area contributed by atoms with Gasteiger partial charge in [-0.3, -0.25) is 9.59 Å². The Bertz CT molecular complexity index is 1720. The van der Waals surface area contributed by atoms with E-state index in [9.17, 15) is 9.59 Å². The second-order valence-corrected chi connectivity index (χ2v) is 12.2. The van der Waals surface area contributed by atoms with Crippen molar-refractivity contribution >= 4 is 45.4 Å². The Labute approximate surface area is 275 Å². The standard InChI is InChI=1S/C16H20N6O.C13H19N5.C4H5NO/c1-11-5-8-22(14(23)3-6-17)9-13(11)21(2)16-12-4-7-18-15(12)19-10-20-16;1-9-3-5-14-7-11(9)18(2)13-10-4-6-15-12(10)16-8-17-13;1-4(6)3-5-2/h4,7,10-11,13H,3,5,8-9H2,1-2H3,(H,18,19,20);4,6,8-9,11,14H,3,5,7H2,1-2H3,(H,15,16,17);3H2,1H3/t11-,13+;9-,11+;/m11./s1. The van der Waals surface area contributed by atoms with Gasteiger partial charge in [0, 0.05) is 59.1 Å². The van der Waals surface area contributed by atoms with Crippen molar-refractivity contribution in [3.8, 4) is 6.07 Å². The number of aromatic nitrogens is 6. The van der Waals surface area contributed by atoms with E-state index < -0.39 is 0 Å². The van der Waals surface area contributed by atoms with E-state index in [2.05, 4.69) is 70.8 Å². The number of likely N-dealkylation sites (N-methyl/N-ethyl adjacent to an activating group) is 2. The topological polar surface area (TPSA) is 167 Å². The van der Waals surface area contributed by atoms with Crippen LogP contribution in [0.2, 0.25) is 0 Å². The van der Waals surface area contributed by atoms with Gasteiger partial charge in [0.05, 0.1) is 22.9 Å². The Morgan fingerprint density at radius 3 is 2.06 bits per heavy atom. The highest BCUT2D eigenvalue weighted by atomic mass is 16.2. The van der Waals surface area contributed by atoms with Crippen LogP contribution in [0.25, 0.3) is 26.9 Å². The van der Waals surface area contributed by atoms with Gasteiger partial charge in [-0.2, -0.15) is 5.26 Å². The summed E-state index contributed by atoms with van der Waals surface area (Å²) in [7, 11) is 4.14. The Morgan fingerprint density at radius 1 is 0.979 bits per heavy atom. The maximum atomic E-state index is 12.0. The molecule has 0 radical (unpaired) electrons. The van der Waals surface area contributed by atoms with Crippen LogP contribution < -0.4 is 15.1 Å². The Hall–Kier alpha value is -5.08. The van der Waals surface area contributed by atoms with Crippen LogP contribution in [-0.4, -0.2) is 105 Å². The Kier molecular flexibility index (Phi) is 12.2. The number of nitrogens with one attached hydrogen (secondary N) is 3. The summed E-state index contributed by atoms with van der Waals surface area (Å²) < 4.78 is 0. The minimum absolute atomic E-state index is 0.0278. The molecule has 3 N–H and O–H groups in total. The highest BCUT2D eigenvalue weighted by Gasteiger charge is 2.32. The number of rotatable bonds is 6. The fourth-order valence-electron chi connectivity index (χ4n) is 6.16. The zero-order chi connectivity index (χ0) is 33.9. The van der Waals surface area contributed by atoms with Gasteiger partial charge in [-0.1, -0.05) is 13.8 Å². The summed E-state index contributed by atoms with van der Waals surface area (Å²) in [5.41, 5.74) is 1.71. The second-order valence-electron chi connectivity index (χ2n) is 12.2. The molecule has 4 aromatic heterocycles. The van der Waals surface area contributed by atoms with Gasteiger partial charge >= 0.3 is 0 Å². The van der Waals surface area contributed by atoms with E-state index >= 15 is 0 Å². The summed E-state index contributed by atoms with van der Waals surface area (Å²) >= 11 is 0. The number of hydrogen-bond donors (Lipinski definition) is 3. The summed E-state index contributed by atoms with van der Waals surface area (Å²) in [6.07, 6.45) is 9.04. The third-order valence-electron chi connectivity index (χ3n) is 8.92. The maximum absolute atomic E-state index is 12.0. The number of Topliss-reactive ketones (excluding diaryl/α,β-unsaturated/α-hetero) is 1. The van der Waals surface area contributed by atoms with Crippen molar-refractivity contribution in [1.29, 1.82) is 5.26 Å². The van der Waals surface area contributed by atoms with Crippen LogP contribution in [0.15, 0.2) is 37.2 Å². The molecular weight excluding hydrogens is 596 g/mol. The molecule has 0 aliphatic carbocycles. The number of nitrogens with zero attached hydrogens (tertiary/aromatic N) is 9. The molecule has 0 aromatic carbocycles. The van der Waals surface area contributed by atoms with Gasteiger partial charge in [-0.05, 0) is 43.4 Å². The van der Waals surface area contributed by atoms with Crippen molar-refractivity contribution in [2.45, 2.75) is 52.1 Å². The predicted molar refractivity (Wildman–Crippen MR) is 182 cm³/mol. The average molecular weight is 641 g/mol. The van der Waals surface area contributed by atoms with E-state index in [1.807, 2.05) is 37.6 Å². The van der Waals surface area contributed by atoms with E-state index in [1.54, 1.807) is 17.6 Å². The first kappa shape index (κ1) is 34.8. The van der Waals surface area contributed by atoms with Crippen LogP contribution >= 0.6 is 0 Å². The number of carbonyl (C=O) groups is 2. The number of amides is 1. The van der Waals surface area contributed by atoms with Crippen molar-refractivity contribution in [2.24, 2.45) is 11.8 Å². The molecule has 0 spiro atoms. The number of likely N-dealkylation sites (tertiary alicyclic amines) is 1. The van der Waals surface area contributed by atoms with Crippen molar-refractivity contribution in [3.05, 3.63) is 48.6 Å². The minimum atomic E-state index is -0.0905. The number of carbonyl (C=O) groups excluding carboxylic acids is 2. The monoisotopic (exact) mass is 640 g/mol. The molecule has 2 saturated heterocycles. The molecule has 1 amide bonds. The third kappa shape index (κ3) is 8.60. The molecule has 0 bridgehead atoms. The minimum Gasteiger partial charge on any atom is -0.354 e. The van der Waals surface area contributed by atoms with Crippen LogP contribution in [0.1, 0.15) is 40.0 Å². The summed E-state index contributed by atoms with van der Waals surface area (Å²) in [6, 6.07) is 6.61. The van der Waals surface area contributed by atoms with Crippen molar-refractivity contribution < 1.29 is 9.59 Å². The van der Waals surface area contributed by atoms with Crippen LogP contribution in [0.4, 0.5) is 11.6 Å². The second kappa shape index (κ2) is 16.5. The first-order chi connectivity index (χ1) is 22.7. The lowest BCUT2D eigenvalue weighted by molar-refractivity contribution is -0.131. The highest BCUT2D eigenvalue weighted by molar-refractivity contribution is 5.88. The fourth-order valence-corrected chi connectivity index (χ4v) is 6.16. The molecule has 47 heavy (non-hydrogen) atoms. The lowest BCUT2D eigenvalue weighted by atomic mass is 9.92. The summed E-state index contributed by atoms with van der Waals surface area (Å²) in [4.78, 5) is 54.5. The largest absolute Gasteiger partial charge is 0.354 e. The Balaban J connectivity index is 0.000000185. The highest BCUT2D eigenvalue weighted by Crippen LogP contribution is 2.29. The number of ketones is 1. The van der Waals surface area contributed by atoms with Gasteiger partial charge in [0.25, 0.3) is 6.54 Å². The third-order valence-corrected chi connectivity index (χ3v) is 8.92. The number of H-pyrrole nitrogens is 2. The summed E-state index contributed by atoms with van der Waals surface area (Å²) in [6.45, 7) is 15.6. The van der Waals surface area contributed by atoms with Crippen LogP contribution in [-0.2, 0) is 9.59 Å². The van der Waals surface area contributed by atoms with Crippen molar-refractivity contribution in [2.75, 3.05) is 56.6 Å². The number of fused-ring (bicyclic) bond motifs is 2. The molecule has 0 unspecified atom stereocenters. The summed E-state index contributed by atoms with van der Waals surface area (Å²) in [5, 5.41) is 14.3. The quantitative estimate of drug-likeness (QED) is 0.266. The van der Waals surface area contributed by atoms with E-state index in [-0.39, 0.29) is 30.7 Å². The lowest BCUT2D eigenvalue weighted by Gasteiger charge is -2.42. The van der Waals surface area contributed by atoms with E-state index in [4.69, 9.17) is 11.8 Å². The number of aromatic amines is 2. The van der Waals surface area contributed by atoms with Gasteiger partial charge in [0.2, 0.25) is 11.7 Å². The van der Waals surface area contributed by atoms with Crippen molar-refractivity contribution in [3.63, 3.8) is 0 Å². The molecule has 14 heteroatoms. The molecule has 6 rings (SSSR count). The molecule has 4 aromatic rings. The smallest absolute Gasteiger partial charge is 0.271 e. The van der Waals surface area contributed by atoms with Crippen molar-refractivity contribution in [1.82, 2.24) is 40.1 Å². The fraction of sp³-hybridized carbons (Fsp3) is 0.515. The zero-order valence-corrected chi connectivity index (χ0v) is 27.8. The van der Waals surface area contributed by atoms with Crippen LogP contribution in [0.5, 0.6) is 0 Å². The molecule has 4 atom stereocenters.